The van der Waals surface area contributed by atoms with Gasteiger partial charge >= 0.3 is 0 Å². The summed E-state index contributed by atoms with van der Waals surface area (Å²) in [6, 6.07) is 8.19. The summed E-state index contributed by atoms with van der Waals surface area (Å²) in [7, 11) is 1.86. The van der Waals surface area contributed by atoms with Crippen LogP contribution in [0.15, 0.2) is 29.2 Å². The number of carbonyl (C=O) groups excluding carboxylic acids is 1. The molecular formula is C15H25NOS. The third kappa shape index (κ3) is 6.10. The molecule has 18 heavy (non-hydrogen) atoms. The van der Waals surface area contributed by atoms with E-state index in [0.717, 1.165) is 18.5 Å². The Hall–Kier alpha value is -0.960. The molecule has 0 N–H and O–H groups in total. The number of benzene rings is 1. The smallest absolute Gasteiger partial charge is 0.226 e. The molecule has 0 spiro atoms. The maximum atomic E-state index is 11.8. The third-order valence-electron chi connectivity index (χ3n) is 2.50. The van der Waals surface area contributed by atoms with Crippen LogP contribution in [-0.2, 0) is 11.2 Å². The largest absolute Gasteiger partial charge is 0.345 e. The van der Waals surface area contributed by atoms with E-state index in [1.54, 1.807) is 16.7 Å². The summed E-state index contributed by atoms with van der Waals surface area (Å²) in [5.74, 6) is 0.193. The fraction of sp³-hybridized carbons (Fsp3) is 0.533. The van der Waals surface area contributed by atoms with Gasteiger partial charge in [-0.15, -0.1) is 11.8 Å². The van der Waals surface area contributed by atoms with Gasteiger partial charge in [0.2, 0.25) is 5.91 Å². The van der Waals surface area contributed by atoms with Gasteiger partial charge in [0.15, 0.2) is 0 Å². The van der Waals surface area contributed by atoms with Crippen LogP contribution in [-0.4, -0.2) is 30.7 Å². The van der Waals surface area contributed by atoms with Crippen LogP contribution in [0.2, 0.25) is 0 Å². The summed E-state index contributed by atoms with van der Waals surface area (Å²) in [6.45, 7) is 6.92. The second-order valence-corrected chi connectivity index (χ2v) is 4.72. The van der Waals surface area contributed by atoms with Gasteiger partial charge in [-0.1, -0.05) is 32.9 Å². The molecule has 0 radical (unpaired) electrons. The van der Waals surface area contributed by atoms with Crippen LogP contribution in [0.25, 0.3) is 0 Å². The Morgan fingerprint density at radius 2 is 1.78 bits per heavy atom. The zero-order chi connectivity index (χ0) is 14.0. The molecular weight excluding hydrogens is 242 g/mol. The van der Waals surface area contributed by atoms with Crippen LogP contribution < -0.4 is 0 Å². The van der Waals surface area contributed by atoms with Gasteiger partial charge in [-0.25, -0.2) is 0 Å². The number of rotatable bonds is 5. The molecule has 0 atom stereocenters. The van der Waals surface area contributed by atoms with E-state index in [0.29, 0.717) is 6.42 Å². The molecule has 3 heteroatoms. The Bertz CT molecular complexity index is 335. The van der Waals surface area contributed by atoms with Crippen molar-refractivity contribution in [3.63, 3.8) is 0 Å². The zero-order valence-corrected chi connectivity index (χ0v) is 13.0. The van der Waals surface area contributed by atoms with Gasteiger partial charge in [0.1, 0.15) is 0 Å². The minimum atomic E-state index is 0.193. The van der Waals surface area contributed by atoms with Crippen molar-refractivity contribution in [2.45, 2.75) is 38.5 Å². The SMILES string of the molecule is CC.CCCN(C)C(=O)Cc1ccc(SC)cc1. The first-order valence-corrected chi connectivity index (χ1v) is 7.76. The minimum Gasteiger partial charge on any atom is -0.345 e. The number of amides is 1. The normalized spacial score (nSPS) is 9.39. The first-order valence-electron chi connectivity index (χ1n) is 6.54. The van der Waals surface area contributed by atoms with Crippen molar-refractivity contribution in [3.05, 3.63) is 29.8 Å². The molecule has 0 aliphatic rings. The van der Waals surface area contributed by atoms with Crippen LogP contribution >= 0.6 is 11.8 Å². The van der Waals surface area contributed by atoms with Crippen molar-refractivity contribution >= 4 is 17.7 Å². The van der Waals surface area contributed by atoms with Crippen molar-refractivity contribution in [2.24, 2.45) is 0 Å². The van der Waals surface area contributed by atoms with Gasteiger partial charge in [-0.05, 0) is 30.4 Å². The first kappa shape index (κ1) is 17.0. The van der Waals surface area contributed by atoms with E-state index in [1.165, 1.54) is 4.90 Å². The molecule has 0 bridgehead atoms. The maximum Gasteiger partial charge on any atom is 0.226 e. The van der Waals surface area contributed by atoms with Gasteiger partial charge in [-0.2, -0.15) is 0 Å². The number of hydrogen-bond donors (Lipinski definition) is 0. The van der Waals surface area contributed by atoms with E-state index in [1.807, 2.05) is 33.0 Å². The average molecular weight is 267 g/mol. The summed E-state index contributed by atoms with van der Waals surface area (Å²) in [5.41, 5.74) is 1.09. The second-order valence-electron chi connectivity index (χ2n) is 3.84. The number of likely N-dealkylation sites (N-methyl/N-ethyl adjacent to an activating group) is 1. The van der Waals surface area contributed by atoms with E-state index < -0.39 is 0 Å². The standard InChI is InChI=1S/C13H19NOS.C2H6/c1-4-9-14(2)13(15)10-11-5-7-12(16-3)8-6-11;1-2/h5-8H,4,9-10H2,1-3H3;1-2H3. The van der Waals surface area contributed by atoms with E-state index in [9.17, 15) is 4.79 Å². The topological polar surface area (TPSA) is 20.3 Å². The molecule has 0 aromatic heterocycles. The molecule has 1 aromatic rings. The quantitative estimate of drug-likeness (QED) is 0.755. The molecule has 102 valence electrons. The maximum absolute atomic E-state index is 11.8. The zero-order valence-electron chi connectivity index (χ0n) is 12.2. The lowest BCUT2D eigenvalue weighted by Crippen LogP contribution is -2.28. The molecule has 0 unspecified atom stereocenters. The average Bonchev–Trinajstić information content (AvgIpc) is 2.42. The predicted molar refractivity (Wildman–Crippen MR) is 81.2 cm³/mol. The molecule has 0 heterocycles. The second kappa shape index (κ2) is 10.0. The van der Waals surface area contributed by atoms with Crippen molar-refractivity contribution in [1.82, 2.24) is 4.90 Å². The lowest BCUT2D eigenvalue weighted by molar-refractivity contribution is -0.129. The Morgan fingerprint density at radius 3 is 2.22 bits per heavy atom. The molecule has 2 nitrogen and oxygen atoms in total. The number of hydrogen-bond acceptors (Lipinski definition) is 2. The molecule has 0 saturated heterocycles. The monoisotopic (exact) mass is 267 g/mol. The summed E-state index contributed by atoms with van der Waals surface area (Å²) < 4.78 is 0. The van der Waals surface area contributed by atoms with Gasteiger partial charge in [0.05, 0.1) is 6.42 Å². The fourth-order valence-corrected chi connectivity index (χ4v) is 1.92. The summed E-state index contributed by atoms with van der Waals surface area (Å²) in [6.07, 6.45) is 3.56. The third-order valence-corrected chi connectivity index (χ3v) is 3.24. The molecule has 1 aromatic carbocycles. The lowest BCUT2D eigenvalue weighted by Gasteiger charge is -2.15. The number of nitrogens with zero attached hydrogens (tertiary/aromatic N) is 1. The Balaban J connectivity index is 0.00000137. The molecule has 1 rings (SSSR count). The van der Waals surface area contributed by atoms with Crippen molar-refractivity contribution < 1.29 is 4.79 Å². The van der Waals surface area contributed by atoms with E-state index in [-0.39, 0.29) is 5.91 Å². The van der Waals surface area contributed by atoms with Gasteiger partial charge in [-0.3, -0.25) is 4.79 Å². The van der Waals surface area contributed by atoms with Crippen LogP contribution in [0.4, 0.5) is 0 Å². The minimum absolute atomic E-state index is 0.193. The highest BCUT2D eigenvalue weighted by Crippen LogP contribution is 2.15. The van der Waals surface area contributed by atoms with Crippen LogP contribution in [0.3, 0.4) is 0 Å². The Kier molecular flexibility index (Phi) is 9.47. The highest BCUT2D eigenvalue weighted by Gasteiger charge is 2.08. The Labute approximate surface area is 116 Å². The van der Waals surface area contributed by atoms with Crippen molar-refractivity contribution in [3.8, 4) is 0 Å². The lowest BCUT2D eigenvalue weighted by atomic mass is 10.1. The highest BCUT2D eigenvalue weighted by atomic mass is 32.2. The summed E-state index contributed by atoms with van der Waals surface area (Å²) in [4.78, 5) is 14.8. The van der Waals surface area contributed by atoms with E-state index >= 15 is 0 Å². The van der Waals surface area contributed by atoms with E-state index in [4.69, 9.17) is 0 Å². The van der Waals surface area contributed by atoms with Crippen LogP contribution in [0.1, 0.15) is 32.8 Å². The molecule has 0 aliphatic carbocycles. The Morgan fingerprint density at radius 1 is 1.22 bits per heavy atom. The fourth-order valence-electron chi connectivity index (χ4n) is 1.51. The van der Waals surface area contributed by atoms with Crippen LogP contribution in [0.5, 0.6) is 0 Å². The summed E-state index contributed by atoms with van der Waals surface area (Å²) >= 11 is 1.72. The van der Waals surface area contributed by atoms with Crippen LogP contribution in [0, 0.1) is 0 Å². The number of carbonyl (C=O) groups is 1. The molecule has 0 fully saturated rings. The van der Waals surface area contributed by atoms with E-state index in [2.05, 4.69) is 25.3 Å². The van der Waals surface area contributed by atoms with Gasteiger partial charge in [0, 0.05) is 18.5 Å². The van der Waals surface area contributed by atoms with Crippen molar-refractivity contribution in [2.75, 3.05) is 19.8 Å². The predicted octanol–water partition coefficient (Wildman–Crippen LogP) is 3.85. The molecule has 0 aliphatic heterocycles. The van der Waals surface area contributed by atoms with Crippen molar-refractivity contribution in [1.29, 1.82) is 0 Å². The summed E-state index contributed by atoms with van der Waals surface area (Å²) in [5, 5.41) is 0. The number of thioether (sulfide) groups is 1. The van der Waals surface area contributed by atoms with Gasteiger partial charge in [0.25, 0.3) is 0 Å². The molecule has 0 saturated carbocycles. The molecule has 1 amide bonds. The van der Waals surface area contributed by atoms with Gasteiger partial charge < -0.3 is 4.90 Å². The first-order chi connectivity index (χ1) is 8.67. The highest BCUT2D eigenvalue weighted by molar-refractivity contribution is 7.98.